The maximum Gasteiger partial charge on any atom is 0.416 e. The second kappa shape index (κ2) is 10.7. The van der Waals surface area contributed by atoms with Crippen molar-refractivity contribution in [2.45, 2.75) is 6.18 Å². The van der Waals surface area contributed by atoms with Crippen LogP contribution in [-0.2, 0) is 6.18 Å². The van der Waals surface area contributed by atoms with Crippen molar-refractivity contribution < 1.29 is 37.0 Å². The van der Waals surface area contributed by atoms with Gasteiger partial charge in [-0.3, -0.25) is 10.1 Å². The molecule has 3 aromatic rings. The summed E-state index contributed by atoms with van der Waals surface area (Å²) in [6, 6.07) is 13.6. The average molecular weight is 500 g/mol. The van der Waals surface area contributed by atoms with Crippen molar-refractivity contribution >= 4 is 17.3 Å². The van der Waals surface area contributed by atoms with Crippen LogP contribution in [0.1, 0.15) is 16.7 Å². The summed E-state index contributed by atoms with van der Waals surface area (Å²) in [7, 11) is 4.30. The first-order valence-electron chi connectivity index (χ1n) is 10.2. The maximum atomic E-state index is 13.0. The molecule has 0 bridgehead atoms. The van der Waals surface area contributed by atoms with Crippen molar-refractivity contribution in [3.8, 4) is 34.8 Å². The Morgan fingerprint density at radius 3 is 2.08 bits per heavy atom. The quantitative estimate of drug-likeness (QED) is 0.151. The number of alkyl halides is 3. The van der Waals surface area contributed by atoms with E-state index in [4.69, 9.17) is 18.9 Å². The van der Waals surface area contributed by atoms with Crippen molar-refractivity contribution in [2.24, 2.45) is 0 Å². The monoisotopic (exact) mass is 500 g/mol. The first-order valence-corrected chi connectivity index (χ1v) is 10.2. The van der Waals surface area contributed by atoms with Crippen LogP contribution in [0.4, 0.5) is 18.9 Å². The molecule has 0 atom stereocenters. The van der Waals surface area contributed by atoms with Crippen LogP contribution >= 0.6 is 0 Å². The van der Waals surface area contributed by atoms with Gasteiger partial charge in [-0.05, 0) is 59.7 Å². The predicted molar refractivity (Wildman–Crippen MR) is 124 cm³/mol. The lowest BCUT2D eigenvalue weighted by Crippen LogP contribution is -2.06. The van der Waals surface area contributed by atoms with E-state index in [0.29, 0.717) is 40.3 Å². The molecule has 3 aromatic carbocycles. The Hall–Kier alpha value is -4.72. The molecule has 0 amide bonds. The Morgan fingerprint density at radius 1 is 0.889 bits per heavy atom. The first-order chi connectivity index (χ1) is 17.1. The molecule has 0 aliphatic carbocycles. The second-order valence-electron chi connectivity index (χ2n) is 7.19. The van der Waals surface area contributed by atoms with Gasteiger partial charge < -0.3 is 18.9 Å². The second-order valence-corrected chi connectivity index (χ2v) is 7.19. The van der Waals surface area contributed by atoms with E-state index in [-0.39, 0.29) is 11.5 Å². The first kappa shape index (κ1) is 25.9. The van der Waals surface area contributed by atoms with Gasteiger partial charge in [-0.1, -0.05) is 6.07 Å². The summed E-state index contributed by atoms with van der Waals surface area (Å²) in [5.41, 5.74) is -0.628. The largest absolute Gasteiger partial charge is 0.493 e. The Balaban J connectivity index is 1.97. The molecule has 0 saturated heterocycles. The fraction of sp³-hybridized carbons (Fsp3) is 0.160. The van der Waals surface area contributed by atoms with Gasteiger partial charge in [0.25, 0.3) is 0 Å². The molecule has 0 aliphatic heterocycles. The number of allylic oxidation sites excluding steroid dienone is 1. The summed E-state index contributed by atoms with van der Waals surface area (Å²) in [6.45, 7) is 0. The molecular formula is C25H19F3N2O6. The van der Waals surface area contributed by atoms with E-state index < -0.39 is 28.1 Å². The molecule has 3 rings (SSSR count). The van der Waals surface area contributed by atoms with Gasteiger partial charge in [-0.2, -0.15) is 18.4 Å². The molecule has 36 heavy (non-hydrogen) atoms. The number of nitro groups is 1. The molecule has 0 N–H and O–H groups in total. The minimum absolute atomic E-state index is 0.0298. The molecule has 0 heterocycles. The molecule has 186 valence electrons. The highest BCUT2D eigenvalue weighted by atomic mass is 19.4. The van der Waals surface area contributed by atoms with Crippen LogP contribution in [0.25, 0.3) is 11.6 Å². The Bertz CT molecular complexity index is 1360. The summed E-state index contributed by atoms with van der Waals surface area (Å²) in [5.74, 6) is 0.719. The molecule has 11 heteroatoms. The minimum Gasteiger partial charge on any atom is -0.493 e. The van der Waals surface area contributed by atoms with E-state index in [1.54, 1.807) is 30.3 Å². The van der Waals surface area contributed by atoms with Gasteiger partial charge in [0.05, 0.1) is 43.5 Å². The van der Waals surface area contributed by atoms with Crippen LogP contribution in [0.5, 0.6) is 28.7 Å². The van der Waals surface area contributed by atoms with Gasteiger partial charge in [0, 0.05) is 6.07 Å². The van der Waals surface area contributed by atoms with E-state index in [9.17, 15) is 28.5 Å². The van der Waals surface area contributed by atoms with Gasteiger partial charge in [-0.25, -0.2) is 0 Å². The van der Waals surface area contributed by atoms with Crippen molar-refractivity contribution in [1.29, 1.82) is 5.26 Å². The minimum atomic E-state index is -4.75. The summed E-state index contributed by atoms with van der Waals surface area (Å²) >= 11 is 0. The SMILES string of the molecule is COc1ccc(/C(C#N)=C/c2ccc(Oc3ccc(C(F)(F)F)cc3[N+](=O)[O-])c(OC)c2)cc1OC. The van der Waals surface area contributed by atoms with E-state index in [0.717, 1.165) is 6.07 Å². The smallest absolute Gasteiger partial charge is 0.416 e. The number of nitrogens with zero attached hydrogens (tertiary/aromatic N) is 2. The molecular weight excluding hydrogens is 481 g/mol. The van der Waals surface area contributed by atoms with E-state index in [1.807, 2.05) is 0 Å². The van der Waals surface area contributed by atoms with Gasteiger partial charge in [0.15, 0.2) is 23.0 Å². The van der Waals surface area contributed by atoms with Crippen molar-refractivity contribution in [3.63, 3.8) is 0 Å². The number of rotatable bonds is 8. The van der Waals surface area contributed by atoms with Crippen LogP contribution in [0.3, 0.4) is 0 Å². The number of hydrogen-bond donors (Lipinski definition) is 0. The number of nitriles is 1. The molecule has 0 aliphatic rings. The van der Waals surface area contributed by atoms with Crippen LogP contribution in [-0.4, -0.2) is 26.3 Å². The number of benzene rings is 3. The molecule has 0 radical (unpaired) electrons. The third kappa shape index (κ3) is 5.67. The number of ether oxygens (including phenoxy) is 4. The number of halogens is 3. The summed E-state index contributed by atoms with van der Waals surface area (Å²) in [6.07, 6.45) is -3.17. The van der Waals surface area contributed by atoms with E-state index >= 15 is 0 Å². The Morgan fingerprint density at radius 2 is 1.50 bits per heavy atom. The molecule has 0 fully saturated rings. The Labute approximate surface area is 203 Å². The average Bonchev–Trinajstić information content (AvgIpc) is 2.86. The summed E-state index contributed by atoms with van der Waals surface area (Å²) in [4.78, 5) is 10.4. The normalized spacial score (nSPS) is 11.4. The zero-order chi connectivity index (χ0) is 26.5. The lowest BCUT2D eigenvalue weighted by atomic mass is 10.0. The molecule has 0 unspecified atom stereocenters. The number of nitro benzene ring substituents is 1. The highest BCUT2D eigenvalue weighted by Gasteiger charge is 2.33. The fourth-order valence-electron chi connectivity index (χ4n) is 3.25. The maximum absolute atomic E-state index is 13.0. The molecule has 0 spiro atoms. The van der Waals surface area contributed by atoms with Gasteiger partial charge in [0.1, 0.15) is 0 Å². The van der Waals surface area contributed by atoms with Gasteiger partial charge in [-0.15, -0.1) is 0 Å². The molecule has 8 nitrogen and oxygen atoms in total. The van der Waals surface area contributed by atoms with Crippen molar-refractivity contribution in [2.75, 3.05) is 21.3 Å². The standard InChI is InChI=1S/C25H19F3N2O6/c1-33-21-8-5-16(12-24(21)35-3)17(14-29)10-15-4-7-22(23(11-15)34-2)36-20-9-6-18(25(26,27)28)13-19(20)30(31)32/h4-13H,1-3H3/b17-10+. The van der Waals surface area contributed by atoms with E-state index in [2.05, 4.69) is 6.07 Å². The zero-order valence-electron chi connectivity index (χ0n) is 19.3. The van der Waals surface area contributed by atoms with Crippen LogP contribution in [0.15, 0.2) is 54.6 Å². The van der Waals surface area contributed by atoms with Gasteiger partial charge in [0.2, 0.25) is 5.75 Å². The van der Waals surface area contributed by atoms with E-state index in [1.165, 1.54) is 33.5 Å². The topological polar surface area (TPSA) is 104 Å². The predicted octanol–water partition coefficient (Wildman–Crippen LogP) is 6.50. The third-order valence-electron chi connectivity index (χ3n) is 5.02. The lowest BCUT2D eigenvalue weighted by molar-refractivity contribution is -0.385. The molecule has 0 aromatic heterocycles. The summed E-state index contributed by atoms with van der Waals surface area (Å²) < 4.78 is 60.2. The highest BCUT2D eigenvalue weighted by Crippen LogP contribution is 2.40. The molecule has 0 saturated carbocycles. The third-order valence-corrected chi connectivity index (χ3v) is 5.02. The number of hydrogen-bond acceptors (Lipinski definition) is 7. The fourth-order valence-corrected chi connectivity index (χ4v) is 3.25. The Kier molecular flexibility index (Phi) is 7.69. The van der Waals surface area contributed by atoms with Crippen LogP contribution in [0.2, 0.25) is 0 Å². The van der Waals surface area contributed by atoms with Crippen LogP contribution in [0, 0.1) is 21.4 Å². The zero-order valence-corrected chi connectivity index (χ0v) is 19.3. The lowest BCUT2D eigenvalue weighted by Gasteiger charge is -2.13. The van der Waals surface area contributed by atoms with Crippen molar-refractivity contribution in [3.05, 3.63) is 81.4 Å². The van der Waals surface area contributed by atoms with Crippen molar-refractivity contribution in [1.82, 2.24) is 0 Å². The number of methoxy groups -OCH3 is 3. The highest BCUT2D eigenvalue weighted by molar-refractivity contribution is 5.90. The summed E-state index contributed by atoms with van der Waals surface area (Å²) in [5, 5.41) is 21.0. The van der Waals surface area contributed by atoms with Gasteiger partial charge >= 0.3 is 11.9 Å². The van der Waals surface area contributed by atoms with Crippen LogP contribution < -0.4 is 18.9 Å².